The summed E-state index contributed by atoms with van der Waals surface area (Å²) >= 11 is 1.43. The lowest BCUT2D eigenvalue weighted by molar-refractivity contribution is -0.155. The fourth-order valence-corrected chi connectivity index (χ4v) is 10.2. The first-order valence-electron chi connectivity index (χ1n) is 22.3. The van der Waals surface area contributed by atoms with Crippen molar-refractivity contribution in [2.45, 2.75) is 110 Å². The Morgan fingerprint density at radius 3 is 2.57 bits per heavy atom. The molecular weight excluding hydrogens is 819 g/mol. The zero-order chi connectivity index (χ0) is 45.3. The number of likely N-dealkylation sites (tertiary alicyclic amines) is 1. The Bertz CT molecular complexity index is 2320. The zero-order valence-electron chi connectivity index (χ0n) is 38.6. The number of esters is 1. The summed E-state index contributed by atoms with van der Waals surface area (Å²) in [5, 5.41) is 8.23. The summed E-state index contributed by atoms with van der Waals surface area (Å²) < 4.78 is 14.2. The second-order valence-corrected chi connectivity index (χ2v) is 19.7. The van der Waals surface area contributed by atoms with E-state index >= 15 is 0 Å². The number of benzene rings is 1. The number of amides is 4. The number of urea groups is 1. The second kappa shape index (κ2) is 19.1. The predicted molar refractivity (Wildman–Crippen MR) is 245 cm³/mol. The highest BCUT2D eigenvalue weighted by Gasteiger charge is 2.41. The average Bonchev–Trinajstić information content (AvgIpc) is 3.84. The van der Waals surface area contributed by atoms with Crippen molar-refractivity contribution in [1.82, 2.24) is 45.0 Å². The van der Waals surface area contributed by atoms with Gasteiger partial charge >= 0.3 is 12.0 Å². The molecule has 0 radical (unpaired) electrons. The van der Waals surface area contributed by atoms with E-state index in [1.807, 2.05) is 51.2 Å². The number of likely N-dealkylation sites (N-methyl/N-ethyl adjacent to an activating group) is 2. The van der Waals surface area contributed by atoms with Crippen LogP contribution in [0.15, 0.2) is 41.9 Å². The number of nitrogens with zero attached hydrogens (tertiary/aromatic N) is 7. The first-order valence-corrected chi connectivity index (χ1v) is 23.2. The summed E-state index contributed by atoms with van der Waals surface area (Å²) in [5.74, 6) is -1.50. The molecule has 2 saturated heterocycles. The molecule has 3 aromatic heterocycles. The summed E-state index contributed by atoms with van der Waals surface area (Å²) in [6.45, 7) is 14.7. The Morgan fingerprint density at radius 1 is 1.11 bits per heavy atom. The quantitative estimate of drug-likeness (QED) is 0.184. The maximum atomic E-state index is 14.6. The van der Waals surface area contributed by atoms with Gasteiger partial charge in [0.25, 0.3) is 5.91 Å². The Balaban J connectivity index is 1.28. The number of hydrazine groups is 1. The Labute approximate surface area is 375 Å². The number of aromatic nitrogens is 3. The van der Waals surface area contributed by atoms with Gasteiger partial charge in [0.1, 0.15) is 18.1 Å². The molecule has 4 aromatic rings. The minimum atomic E-state index is -1.04. The molecule has 16 heteroatoms. The van der Waals surface area contributed by atoms with E-state index in [2.05, 4.69) is 65.2 Å². The van der Waals surface area contributed by atoms with Crippen LogP contribution >= 0.6 is 11.3 Å². The number of rotatable bonds is 10. The van der Waals surface area contributed by atoms with Crippen molar-refractivity contribution < 1.29 is 28.7 Å². The van der Waals surface area contributed by atoms with E-state index in [0.29, 0.717) is 43.9 Å². The molecule has 3 aliphatic heterocycles. The van der Waals surface area contributed by atoms with Crippen LogP contribution in [-0.4, -0.2) is 137 Å². The number of methoxy groups -OCH3 is 1. The summed E-state index contributed by atoms with van der Waals surface area (Å²) in [5.41, 5.74) is 9.40. The lowest BCUT2D eigenvalue weighted by Crippen LogP contribution is -2.64. The van der Waals surface area contributed by atoms with Gasteiger partial charge in [-0.3, -0.25) is 24.4 Å². The maximum absolute atomic E-state index is 14.6. The minimum absolute atomic E-state index is 0.0730. The van der Waals surface area contributed by atoms with Gasteiger partial charge in [0, 0.05) is 91.8 Å². The highest BCUT2D eigenvalue weighted by molar-refractivity contribution is 7.10. The molecule has 63 heavy (non-hydrogen) atoms. The minimum Gasteiger partial charge on any atom is -0.464 e. The molecule has 340 valence electrons. The van der Waals surface area contributed by atoms with E-state index in [1.54, 1.807) is 20.4 Å². The van der Waals surface area contributed by atoms with Crippen LogP contribution in [0.25, 0.3) is 33.4 Å². The molecule has 0 saturated carbocycles. The maximum Gasteiger partial charge on any atom is 0.324 e. The number of hydrogen-bond donors (Lipinski definition) is 2. The fourth-order valence-electron chi connectivity index (χ4n) is 9.37. The molecule has 1 aromatic carbocycles. The number of aryl methyl sites for hydroxylation is 1. The number of thiazole rings is 1. The Morgan fingerprint density at radius 2 is 1.89 bits per heavy atom. The number of carbonyl (C=O) groups is 4. The first-order chi connectivity index (χ1) is 30.0. The third kappa shape index (κ3) is 9.64. The summed E-state index contributed by atoms with van der Waals surface area (Å²) in [4.78, 5) is 72.0. The summed E-state index contributed by atoms with van der Waals surface area (Å²) in [6.07, 6.45) is 4.21. The van der Waals surface area contributed by atoms with Crippen molar-refractivity contribution in [2.24, 2.45) is 11.3 Å². The number of nitrogens with one attached hydrogen (secondary N) is 2. The van der Waals surface area contributed by atoms with Crippen LogP contribution in [0.5, 0.6) is 0 Å². The van der Waals surface area contributed by atoms with Gasteiger partial charge < -0.3 is 34.1 Å². The van der Waals surface area contributed by atoms with E-state index in [1.165, 1.54) is 21.2 Å². The lowest BCUT2D eigenvalue weighted by atomic mass is 9.84. The molecular formula is C47H65N9O6S. The normalized spacial score (nSPS) is 21.5. The van der Waals surface area contributed by atoms with Crippen LogP contribution in [0, 0.1) is 11.3 Å². The van der Waals surface area contributed by atoms with Crippen molar-refractivity contribution in [3.8, 4) is 22.5 Å². The number of hydrogen-bond acceptors (Lipinski definition) is 11. The first kappa shape index (κ1) is 46.1. The molecule has 4 amide bonds. The van der Waals surface area contributed by atoms with Crippen LogP contribution in [-0.2, 0) is 43.2 Å². The van der Waals surface area contributed by atoms with Crippen LogP contribution in [0.3, 0.4) is 0 Å². The molecule has 7 rings (SSSR count). The molecule has 1 unspecified atom stereocenters. The predicted octanol–water partition coefficient (Wildman–Crippen LogP) is 5.91. The van der Waals surface area contributed by atoms with Gasteiger partial charge in [-0.1, -0.05) is 33.8 Å². The lowest BCUT2D eigenvalue weighted by Gasteiger charge is -2.45. The number of cyclic esters (lactones) is 1. The third-order valence-corrected chi connectivity index (χ3v) is 13.6. The van der Waals surface area contributed by atoms with E-state index in [4.69, 9.17) is 19.4 Å². The van der Waals surface area contributed by atoms with Crippen LogP contribution in [0.2, 0.25) is 0 Å². The van der Waals surface area contributed by atoms with Crippen molar-refractivity contribution in [1.29, 1.82) is 0 Å². The molecule has 2 fully saturated rings. The van der Waals surface area contributed by atoms with Gasteiger partial charge in [0.15, 0.2) is 0 Å². The number of fused-ring (bicyclic) bond motifs is 6. The van der Waals surface area contributed by atoms with Gasteiger partial charge in [-0.2, -0.15) is 0 Å². The highest BCUT2D eigenvalue weighted by atomic mass is 32.1. The van der Waals surface area contributed by atoms with Crippen molar-refractivity contribution in [3.63, 3.8) is 0 Å². The standard InChI is InChI=1S/C47H65N9O6S/c1-11-54-38-17-16-30-22-33(38)34(42(54)32-14-12-19-48-40(32)29(4)61-10)24-47(5,6)27-62-45(59)35-15-13-20-56(51-35)44(58)36(23-39-49-37(30)26-63-39)50-43(57)41(28(2)3)53(9)46(60)55-21-18-31(55)25-52(7)8/h12,14,16-17,19,22,26,28-29,31,35-36,41,51H,11,13,15,18,20-21,23-25,27H2,1-10H3,(H,50,57)/t29-,31?,35-,36-,41-/m0/s1. The van der Waals surface area contributed by atoms with Crippen LogP contribution in [0.4, 0.5) is 4.79 Å². The topological polar surface area (TPSA) is 154 Å². The van der Waals surface area contributed by atoms with Crippen molar-refractivity contribution in [2.75, 3.05) is 54.5 Å². The van der Waals surface area contributed by atoms with E-state index in [9.17, 15) is 19.2 Å². The smallest absolute Gasteiger partial charge is 0.324 e. The van der Waals surface area contributed by atoms with Gasteiger partial charge in [0.2, 0.25) is 5.91 Å². The number of ether oxygens (including phenoxy) is 2. The zero-order valence-corrected chi connectivity index (χ0v) is 39.4. The van der Waals surface area contributed by atoms with Gasteiger partial charge in [0.05, 0.1) is 34.8 Å². The van der Waals surface area contributed by atoms with E-state index in [0.717, 1.165) is 57.6 Å². The van der Waals surface area contributed by atoms with Crippen LogP contribution < -0.4 is 10.7 Å². The monoisotopic (exact) mass is 883 g/mol. The second-order valence-electron chi connectivity index (χ2n) is 18.8. The molecule has 15 nitrogen and oxygen atoms in total. The number of pyridine rings is 1. The average molecular weight is 884 g/mol. The van der Waals surface area contributed by atoms with Crippen molar-refractivity contribution in [3.05, 3.63) is 58.2 Å². The molecule has 6 bridgehead atoms. The summed E-state index contributed by atoms with van der Waals surface area (Å²) in [7, 11) is 7.32. The van der Waals surface area contributed by atoms with Gasteiger partial charge in [-0.25, -0.2) is 15.2 Å². The third-order valence-electron chi connectivity index (χ3n) is 12.7. The molecule has 0 aliphatic carbocycles. The van der Waals surface area contributed by atoms with Crippen LogP contribution in [0.1, 0.15) is 83.2 Å². The number of carbonyl (C=O) groups excluding carboxylic acids is 4. The SMILES string of the molecule is CCn1c(-c2cccnc2[C@H](C)OC)c2c3cc(ccc31)-c1csc(n1)C[C@H](NC(=O)[C@H](C(C)C)N(C)C(=O)N1CCC1CN(C)C)C(=O)N1CCC[C@H](N1)C(=O)OCC(C)(C)C2. The fraction of sp³-hybridized carbons (Fsp3) is 0.574. The van der Waals surface area contributed by atoms with Gasteiger partial charge in [-0.05, 0) is 89.4 Å². The molecule has 0 spiro atoms. The molecule has 2 N–H and O–H groups in total. The van der Waals surface area contributed by atoms with Crippen molar-refractivity contribution >= 4 is 46.1 Å². The Hall–Kier alpha value is -4.90. The van der Waals surface area contributed by atoms with E-state index < -0.39 is 35.4 Å². The summed E-state index contributed by atoms with van der Waals surface area (Å²) in [6, 6.07) is 7.69. The molecule has 5 atom stereocenters. The van der Waals surface area contributed by atoms with E-state index in [-0.39, 0.29) is 43.0 Å². The molecule has 6 heterocycles. The largest absolute Gasteiger partial charge is 0.464 e. The molecule has 3 aliphatic rings. The van der Waals surface area contributed by atoms with Gasteiger partial charge in [-0.15, -0.1) is 11.3 Å². The highest BCUT2D eigenvalue weighted by Crippen LogP contribution is 2.42. The Kier molecular flexibility index (Phi) is 13.9.